The van der Waals surface area contributed by atoms with Gasteiger partial charge in [0.2, 0.25) is 0 Å². The molecule has 1 fully saturated rings. The van der Waals surface area contributed by atoms with Crippen LogP contribution < -0.4 is 0 Å². The monoisotopic (exact) mass is 183 g/mol. The summed E-state index contributed by atoms with van der Waals surface area (Å²) in [5.41, 5.74) is 0. The molecule has 13 heavy (non-hydrogen) atoms. The number of rotatable bonds is 4. The lowest BCUT2D eigenvalue weighted by Gasteiger charge is -2.43. The maximum absolute atomic E-state index is 2.57. The number of likely N-dealkylation sites (tertiary alicyclic amines) is 1. The Balaban J connectivity index is 2.14. The second kappa shape index (κ2) is 4.45. The molecule has 0 aliphatic carbocycles. The molecule has 0 saturated carbocycles. The molecule has 1 saturated heterocycles. The molecule has 1 nitrogen and oxygen atoms in total. The zero-order chi connectivity index (χ0) is 10.0. The Morgan fingerprint density at radius 3 is 2.00 bits per heavy atom. The number of hydrogen-bond donors (Lipinski definition) is 0. The molecule has 0 aromatic heterocycles. The second-order valence-electron chi connectivity index (χ2n) is 5.37. The minimum atomic E-state index is 0.755. The lowest BCUT2D eigenvalue weighted by atomic mass is 9.84. The van der Waals surface area contributed by atoms with Crippen LogP contribution in [0.3, 0.4) is 0 Å². The molecule has 1 atom stereocenters. The van der Waals surface area contributed by atoms with E-state index in [0.29, 0.717) is 0 Å². The maximum atomic E-state index is 2.57. The Kier molecular flexibility index (Phi) is 3.78. The molecule has 78 valence electrons. The van der Waals surface area contributed by atoms with Crippen LogP contribution in [0.5, 0.6) is 0 Å². The van der Waals surface area contributed by atoms with Crippen molar-refractivity contribution >= 4 is 0 Å². The van der Waals surface area contributed by atoms with Crippen molar-refractivity contribution in [3.63, 3.8) is 0 Å². The topological polar surface area (TPSA) is 3.24 Å². The fourth-order valence-corrected chi connectivity index (χ4v) is 1.98. The summed E-state index contributed by atoms with van der Waals surface area (Å²) in [5, 5.41) is 0. The molecule has 1 heteroatoms. The summed E-state index contributed by atoms with van der Waals surface area (Å²) in [5.74, 6) is 2.74. The first-order valence-electron chi connectivity index (χ1n) is 5.74. The van der Waals surface area contributed by atoms with Gasteiger partial charge in [0, 0.05) is 19.1 Å². The standard InChI is InChI=1S/C12H25N/c1-9(2)11(5)6-12-7-13(8-12)10(3)4/h9-12H,6-8H2,1-5H3. The quantitative estimate of drug-likeness (QED) is 0.647. The van der Waals surface area contributed by atoms with E-state index in [0.717, 1.165) is 23.8 Å². The molecule has 1 unspecified atom stereocenters. The van der Waals surface area contributed by atoms with Crippen molar-refractivity contribution in [1.82, 2.24) is 4.90 Å². The molecule has 0 aromatic carbocycles. The largest absolute Gasteiger partial charge is 0.300 e. The van der Waals surface area contributed by atoms with Crippen LogP contribution in [-0.4, -0.2) is 24.0 Å². The van der Waals surface area contributed by atoms with E-state index in [1.54, 1.807) is 0 Å². The molecule has 0 N–H and O–H groups in total. The Bertz CT molecular complexity index is 145. The fraction of sp³-hybridized carbons (Fsp3) is 1.00. The number of nitrogens with zero attached hydrogens (tertiary/aromatic N) is 1. The smallest absolute Gasteiger partial charge is 0.00388 e. The van der Waals surface area contributed by atoms with Crippen molar-refractivity contribution in [2.75, 3.05) is 13.1 Å². The molecule has 0 aromatic rings. The fourth-order valence-electron chi connectivity index (χ4n) is 1.98. The molecule has 1 rings (SSSR count). The first kappa shape index (κ1) is 11.0. The second-order valence-corrected chi connectivity index (χ2v) is 5.37. The SMILES string of the molecule is CC(C)C(C)CC1CN(C(C)C)C1. The average Bonchev–Trinajstić information content (AvgIpc) is 1.94. The first-order valence-corrected chi connectivity index (χ1v) is 5.74. The maximum Gasteiger partial charge on any atom is 0.00388 e. The zero-order valence-corrected chi connectivity index (χ0v) is 9.88. The molecular formula is C12H25N. The average molecular weight is 183 g/mol. The van der Waals surface area contributed by atoms with Crippen molar-refractivity contribution < 1.29 is 0 Å². The third kappa shape index (κ3) is 2.98. The third-order valence-electron chi connectivity index (χ3n) is 3.56. The van der Waals surface area contributed by atoms with Crippen LogP contribution in [0, 0.1) is 17.8 Å². The molecule has 0 amide bonds. The van der Waals surface area contributed by atoms with E-state index in [1.807, 2.05) is 0 Å². The molecule has 1 heterocycles. The van der Waals surface area contributed by atoms with Crippen LogP contribution in [0.15, 0.2) is 0 Å². The van der Waals surface area contributed by atoms with Crippen molar-refractivity contribution in [3.8, 4) is 0 Å². The summed E-state index contributed by atoms with van der Waals surface area (Å²) in [6.07, 6.45) is 1.43. The zero-order valence-electron chi connectivity index (χ0n) is 9.88. The summed E-state index contributed by atoms with van der Waals surface area (Å²) in [7, 11) is 0. The van der Waals surface area contributed by atoms with Gasteiger partial charge in [-0.1, -0.05) is 20.8 Å². The highest BCUT2D eigenvalue weighted by Gasteiger charge is 2.29. The highest BCUT2D eigenvalue weighted by molar-refractivity contribution is 4.83. The van der Waals surface area contributed by atoms with Gasteiger partial charge in [-0.25, -0.2) is 0 Å². The Labute approximate surface area is 83.5 Å². The van der Waals surface area contributed by atoms with Gasteiger partial charge in [0.15, 0.2) is 0 Å². The predicted molar refractivity (Wildman–Crippen MR) is 58.8 cm³/mol. The van der Waals surface area contributed by atoms with Gasteiger partial charge in [-0.2, -0.15) is 0 Å². The molecule has 0 radical (unpaired) electrons. The van der Waals surface area contributed by atoms with Crippen molar-refractivity contribution in [3.05, 3.63) is 0 Å². The molecule has 1 aliphatic rings. The van der Waals surface area contributed by atoms with Gasteiger partial charge >= 0.3 is 0 Å². The van der Waals surface area contributed by atoms with Crippen LogP contribution in [0.2, 0.25) is 0 Å². The van der Waals surface area contributed by atoms with Crippen LogP contribution >= 0.6 is 0 Å². The van der Waals surface area contributed by atoms with Crippen LogP contribution in [0.4, 0.5) is 0 Å². The van der Waals surface area contributed by atoms with Gasteiger partial charge in [-0.15, -0.1) is 0 Å². The van der Waals surface area contributed by atoms with E-state index in [4.69, 9.17) is 0 Å². The van der Waals surface area contributed by atoms with Crippen molar-refractivity contribution in [1.29, 1.82) is 0 Å². The lowest BCUT2D eigenvalue weighted by molar-refractivity contribution is 0.0496. The summed E-state index contributed by atoms with van der Waals surface area (Å²) in [6, 6.07) is 0.755. The van der Waals surface area contributed by atoms with E-state index >= 15 is 0 Å². The van der Waals surface area contributed by atoms with Gasteiger partial charge in [-0.05, 0) is 38.0 Å². The van der Waals surface area contributed by atoms with E-state index < -0.39 is 0 Å². The Morgan fingerprint density at radius 1 is 1.08 bits per heavy atom. The Hall–Kier alpha value is -0.0400. The van der Waals surface area contributed by atoms with Gasteiger partial charge < -0.3 is 4.90 Å². The van der Waals surface area contributed by atoms with Gasteiger partial charge in [0.25, 0.3) is 0 Å². The number of hydrogen-bond acceptors (Lipinski definition) is 1. The van der Waals surface area contributed by atoms with E-state index in [1.165, 1.54) is 19.5 Å². The van der Waals surface area contributed by atoms with Crippen LogP contribution in [0.1, 0.15) is 41.0 Å². The molecular weight excluding hydrogens is 158 g/mol. The Morgan fingerprint density at radius 2 is 1.62 bits per heavy atom. The van der Waals surface area contributed by atoms with E-state index in [2.05, 4.69) is 39.5 Å². The van der Waals surface area contributed by atoms with Crippen molar-refractivity contribution in [2.24, 2.45) is 17.8 Å². The predicted octanol–water partition coefficient (Wildman–Crippen LogP) is 3.01. The summed E-state index contributed by atoms with van der Waals surface area (Å²) in [4.78, 5) is 2.57. The minimum absolute atomic E-state index is 0.755. The van der Waals surface area contributed by atoms with E-state index in [-0.39, 0.29) is 0 Å². The van der Waals surface area contributed by atoms with Crippen molar-refractivity contribution in [2.45, 2.75) is 47.1 Å². The van der Waals surface area contributed by atoms with Crippen LogP contribution in [-0.2, 0) is 0 Å². The minimum Gasteiger partial charge on any atom is -0.300 e. The van der Waals surface area contributed by atoms with E-state index in [9.17, 15) is 0 Å². The normalized spacial score (nSPS) is 22.4. The highest BCUT2D eigenvalue weighted by atomic mass is 15.2. The summed E-state index contributed by atoms with van der Waals surface area (Å²) >= 11 is 0. The molecule has 1 aliphatic heterocycles. The van der Waals surface area contributed by atoms with Gasteiger partial charge in [-0.3, -0.25) is 0 Å². The van der Waals surface area contributed by atoms with Gasteiger partial charge in [0.05, 0.1) is 0 Å². The highest BCUT2D eigenvalue weighted by Crippen LogP contribution is 2.27. The van der Waals surface area contributed by atoms with Gasteiger partial charge in [0.1, 0.15) is 0 Å². The first-order chi connectivity index (χ1) is 6.00. The summed E-state index contributed by atoms with van der Waals surface area (Å²) < 4.78 is 0. The third-order valence-corrected chi connectivity index (χ3v) is 3.56. The van der Waals surface area contributed by atoms with Crippen LogP contribution in [0.25, 0.3) is 0 Å². The lowest BCUT2D eigenvalue weighted by Crippen LogP contribution is -2.50. The molecule has 0 bridgehead atoms. The summed E-state index contributed by atoms with van der Waals surface area (Å²) in [6.45, 7) is 14.3. The molecule has 0 spiro atoms.